The number of rotatable bonds is 5. The van der Waals surface area contributed by atoms with Gasteiger partial charge in [-0.25, -0.2) is 0 Å². The fourth-order valence-corrected chi connectivity index (χ4v) is 2.51. The average molecular weight is 249 g/mol. The number of ether oxygens (including phenoxy) is 1. The first-order valence-electron chi connectivity index (χ1n) is 6.51. The van der Waals surface area contributed by atoms with Gasteiger partial charge in [0.25, 0.3) is 0 Å². The smallest absolute Gasteiger partial charge is 0.0589 e. The van der Waals surface area contributed by atoms with Crippen LogP contribution in [0.2, 0.25) is 0 Å². The maximum atomic E-state index is 5.14. The highest BCUT2D eigenvalue weighted by Gasteiger charge is 2.18. The number of fused-ring (bicyclic) bond motifs is 1. The molecule has 0 aliphatic carbocycles. The normalized spacial score (nSPS) is 16.0. The molecule has 0 radical (unpaired) electrons. The Labute approximate surface area is 110 Å². The number of aromatic nitrogens is 1. The van der Waals surface area contributed by atoms with Crippen molar-refractivity contribution in [3.05, 3.63) is 29.1 Å². The molecule has 18 heavy (non-hydrogen) atoms. The van der Waals surface area contributed by atoms with Gasteiger partial charge < -0.3 is 9.64 Å². The third-order valence-corrected chi connectivity index (χ3v) is 3.41. The van der Waals surface area contributed by atoms with Gasteiger partial charge in [0.05, 0.1) is 6.61 Å². The van der Waals surface area contributed by atoms with E-state index in [-0.39, 0.29) is 0 Å². The zero-order chi connectivity index (χ0) is 13.0. The lowest BCUT2D eigenvalue weighted by atomic mass is 9.97. The standard InChI is InChI=1S/C14H23N3O/c1-16(2)10-12-8-15-9-13-11-17(6-7-18-3)5-4-14(12)13/h8-9H,4-7,10-11H2,1-3H3. The molecule has 1 aromatic heterocycles. The highest BCUT2D eigenvalue weighted by atomic mass is 16.5. The van der Waals surface area contributed by atoms with Crippen molar-refractivity contribution in [1.82, 2.24) is 14.8 Å². The lowest BCUT2D eigenvalue weighted by Gasteiger charge is -2.29. The quantitative estimate of drug-likeness (QED) is 0.782. The summed E-state index contributed by atoms with van der Waals surface area (Å²) in [4.78, 5) is 9.02. The molecule has 2 heterocycles. The van der Waals surface area contributed by atoms with E-state index >= 15 is 0 Å². The van der Waals surface area contributed by atoms with Gasteiger partial charge in [0.1, 0.15) is 0 Å². The predicted octanol–water partition coefficient (Wildman–Crippen LogP) is 1.15. The van der Waals surface area contributed by atoms with Crippen molar-refractivity contribution in [2.75, 3.05) is 40.9 Å². The summed E-state index contributed by atoms with van der Waals surface area (Å²) in [7, 11) is 5.97. The molecule has 0 unspecified atom stereocenters. The van der Waals surface area contributed by atoms with Crippen LogP contribution in [-0.4, -0.2) is 55.7 Å². The fourth-order valence-electron chi connectivity index (χ4n) is 2.51. The van der Waals surface area contributed by atoms with E-state index in [2.05, 4.69) is 28.9 Å². The fraction of sp³-hybridized carbons (Fsp3) is 0.643. The second-order valence-corrected chi connectivity index (χ2v) is 5.19. The van der Waals surface area contributed by atoms with Gasteiger partial charge in [-0.1, -0.05) is 0 Å². The van der Waals surface area contributed by atoms with Crippen molar-refractivity contribution < 1.29 is 4.74 Å². The third kappa shape index (κ3) is 3.28. The summed E-state index contributed by atoms with van der Waals surface area (Å²) in [5.41, 5.74) is 4.27. The van der Waals surface area contributed by atoms with Crippen LogP contribution in [0.1, 0.15) is 16.7 Å². The van der Waals surface area contributed by atoms with Crippen LogP contribution in [0.15, 0.2) is 12.4 Å². The molecule has 0 bridgehead atoms. The first-order valence-corrected chi connectivity index (χ1v) is 6.51. The van der Waals surface area contributed by atoms with Crippen molar-refractivity contribution >= 4 is 0 Å². The van der Waals surface area contributed by atoms with Crippen molar-refractivity contribution in [2.45, 2.75) is 19.5 Å². The van der Waals surface area contributed by atoms with E-state index in [1.54, 1.807) is 7.11 Å². The number of methoxy groups -OCH3 is 1. The van der Waals surface area contributed by atoms with Crippen molar-refractivity contribution in [2.24, 2.45) is 0 Å². The van der Waals surface area contributed by atoms with Gasteiger partial charge in [0.15, 0.2) is 0 Å². The van der Waals surface area contributed by atoms with Crippen molar-refractivity contribution in [3.8, 4) is 0 Å². The third-order valence-electron chi connectivity index (χ3n) is 3.41. The van der Waals surface area contributed by atoms with E-state index in [9.17, 15) is 0 Å². The van der Waals surface area contributed by atoms with Crippen LogP contribution in [-0.2, 0) is 24.2 Å². The van der Waals surface area contributed by atoms with Gasteiger partial charge in [-0.3, -0.25) is 9.88 Å². The Balaban J connectivity index is 2.09. The summed E-state index contributed by atoms with van der Waals surface area (Å²) in [5, 5.41) is 0. The van der Waals surface area contributed by atoms with Gasteiger partial charge in [-0.2, -0.15) is 0 Å². The topological polar surface area (TPSA) is 28.6 Å². The van der Waals surface area contributed by atoms with Crippen LogP contribution in [0.4, 0.5) is 0 Å². The highest BCUT2D eigenvalue weighted by molar-refractivity contribution is 5.33. The summed E-state index contributed by atoms with van der Waals surface area (Å²) < 4.78 is 5.14. The van der Waals surface area contributed by atoms with Gasteiger partial charge >= 0.3 is 0 Å². The zero-order valence-corrected chi connectivity index (χ0v) is 11.6. The van der Waals surface area contributed by atoms with E-state index in [4.69, 9.17) is 4.74 Å². The molecule has 1 aromatic rings. The molecule has 0 saturated carbocycles. The number of nitrogens with zero attached hydrogens (tertiary/aromatic N) is 3. The average Bonchev–Trinajstić information content (AvgIpc) is 2.35. The maximum Gasteiger partial charge on any atom is 0.0589 e. The van der Waals surface area contributed by atoms with Crippen molar-refractivity contribution in [3.63, 3.8) is 0 Å². The molecule has 0 atom stereocenters. The van der Waals surface area contributed by atoms with E-state index < -0.39 is 0 Å². The van der Waals surface area contributed by atoms with Gasteiger partial charge in [0, 0.05) is 45.7 Å². The van der Waals surface area contributed by atoms with E-state index in [1.165, 1.54) is 16.7 Å². The number of hydrogen-bond acceptors (Lipinski definition) is 4. The molecule has 4 heteroatoms. The minimum atomic E-state index is 0.806. The van der Waals surface area contributed by atoms with Gasteiger partial charge in [0.2, 0.25) is 0 Å². The van der Waals surface area contributed by atoms with Crippen LogP contribution in [0.3, 0.4) is 0 Å². The van der Waals surface area contributed by atoms with Crippen LogP contribution in [0.25, 0.3) is 0 Å². The minimum Gasteiger partial charge on any atom is -0.383 e. The van der Waals surface area contributed by atoms with Gasteiger partial charge in [-0.05, 0) is 37.2 Å². The van der Waals surface area contributed by atoms with Crippen LogP contribution in [0.5, 0.6) is 0 Å². The summed E-state index contributed by atoms with van der Waals surface area (Å²) in [6, 6.07) is 0. The van der Waals surface area contributed by atoms with Gasteiger partial charge in [-0.15, -0.1) is 0 Å². The second kappa shape index (κ2) is 6.27. The minimum absolute atomic E-state index is 0.806. The zero-order valence-electron chi connectivity index (χ0n) is 11.6. The molecular weight excluding hydrogens is 226 g/mol. The number of hydrogen-bond donors (Lipinski definition) is 0. The molecule has 0 N–H and O–H groups in total. The molecule has 0 aromatic carbocycles. The van der Waals surface area contributed by atoms with E-state index in [1.807, 2.05) is 12.4 Å². The van der Waals surface area contributed by atoms with Crippen LogP contribution < -0.4 is 0 Å². The van der Waals surface area contributed by atoms with E-state index in [0.29, 0.717) is 0 Å². The first-order chi connectivity index (χ1) is 8.70. The Morgan fingerprint density at radius 2 is 2.22 bits per heavy atom. The summed E-state index contributed by atoms with van der Waals surface area (Å²) in [5.74, 6) is 0. The van der Waals surface area contributed by atoms with E-state index in [0.717, 1.165) is 39.2 Å². The Morgan fingerprint density at radius 1 is 1.39 bits per heavy atom. The predicted molar refractivity (Wildman–Crippen MR) is 72.5 cm³/mol. The Bertz CT molecular complexity index is 393. The van der Waals surface area contributed by atoms with Crippen LogP contribution >= 0.6 is 0 Å². The molecular formula is C14H23N3O. The molecule has 0 amide bonds. The first kappa shape index (κ1) is 13.5. The lowest BCUT2D eigenvalue weighted by Crippen LogP contribution is -2.34. The summed E-state index contributed by atoms with van der Waals surface area (Å²) in [6.07, 6.45) is 5.17. The lowest BCUT2D eigenvalue weighted by molar-refractivity contribution is 0.140. The monoisotopic (exact) mass is 249 g/mol. The Kier molecular flexibility index (Phi) is 4.69. The molecule has 0 spiro atoms. The molecule has 100 valence electrons. The summed E-state index contributed by atoms with van der Waals surface area (Å²) >= 11 is 0. The molecule has 0 saturated heterocycles. The Morgan fingerprint density at radius 3 is 2.94 bits per heavy atom. The molecule has 1 aliphatic rings. The molecule has 2 rings (SSSR count). The summed E-state index contributed by atoms with van der Waals surface area (Å²) in [6.45, 7) is 4.93. The highest BCUT2D eigenvalue weighted by Crippen LogP contribution is 2.22. The maximum absolute atomic E-state index is 5.14. The molecule has 1 aliphatic heterocycles. The van der Waals surface area contributed by atoms with Crippen LogP contribution in [0, 0.1) is 0 Å². The Hall–Kier alpha value is -0.970. The SMILES string of the molecule is COCCN1CCc2c(CN(C)C)cncc2C1. The number of pyridine rings is 1. The second-order valence-electron chi connectivity index (χ2n) is 5.19. The molecule has 4 nitrogen and oxygen atoms in total. The van der Waals surface area contributed by atoms with Crippen molar-refractivity contribution in [1.29, 1.82) is 0 Å². The molecule has 0 fully saturated rings. The largest absolute Gasteiger partial charge is 0.383 e.